The van der Waals surface area contributed by atoms with Gasteiger partial charge in [-0.3, -0.25) is 4.90 Å². The van der Waals surface area contributed by atoms with Gasteiger partial charge in [-0.2, -0.15) is 13.2 Å². The minimum Gasteiger partial charge on any atom is -0.454 e. The third-order valence-electron chi connectivity index (χ3n) is 5.17. The summed E-state index contributed by atoms with van der Waals surface area (Å²) in [6.45, 7) is 2.54. The lowest BCUT2D eigenvalue weighted by atomic mass is 10.0. The van der Waals surface area contributed by atoms with Crippen LogP contribution >= 0.6 is 0 Å². The molecule has 1 aromatic carbocycles. The Morgan fingerprint density at radius 2 is 1.76 bits per heavy atom. The highest BCUT2D eigenvalue weighted by Crippen LogP contribution is 2.36. The largest absolute Gasteiger partial charge is 0.454 e. The van der Waals surface area contributed by atoms with Gasteiger partial charge in [0.2, 0.25) is 6.79 Å². The van der Waals surface area contributed by atoms with E-state index in [-0.39, 0.29) is 26.0 Å². The van der Waals surface area contributed by atoms with Crippen molar-refractivity contribution < 1.29 is 27.4 Å². The predicted molar refractivity (Wildman–Crippen MR) is 85.2 cm³/mol. The van der Waals surface area contributed by atoms with Crippen LogP contribution in [0.4, 0.5) is 18.9 Å². The second-order valence-corrected chi connectivity index (χ2v) is 6.65. The Morgan fingerprint density at radius 1 is 1.00 bits per heavy atom. The summed E-state index contributed by atoms with van der Waals surface area (Å²) in [6, 6.07) is 6.05. The van der Waals surface area contributed by atoms with Crippen molar-refractivity contribution in [3.63, 3.8) is 0 Å². The Bertz CT molecular complexity index is 618. The molecule has 3 aliphatic rings. The first-order valence-corrected chi connectivity index (χ1v) is 8.58. The summed E-state index contributed by atoms with van der Waals surface area (Å²) < 4.78 is 54.3. The third kappa shape index (κ3) is 3.50. The van der Waals surface area contributed by atoms with E-state index in [0.717, 1.165) is 43.1 Å². The molecule has 0 radical (unpaired) electrons. The third-order valence-corrected chi connectivity index (χ3v) is 5.17. The number of halogens is 3. The Morgan fingerprint density at radius 3 is 2.52 bits per heavy atom. The van der Waals surface area contributed by atoms with Crippen LogP contribution in [0.15, 0.2) is 18.2 Å². The van der Waals surface area contributed by atoms with Crippen molar-refractivity contribution in [2.75, 3.05) is 44.5 Å². The maximum absolute atomic E-state index is 12.9. The minimum atomic E-state index is -4.29. The van der Waals surface area contributed by atoms with Crippen molar-refractivity contribution in [3.8, 4) is 11.5 Å². The van der Waals surface area contributed by atoms with Crippen molar-refractivity contribution in [1.82, 2.24) is 4.90 Å². The number of hydrogen-bond donors (Lipinski definition) is 0. The number of hydrogen-bond acceptors (Lipinski definition) is 5. The first-order valence-electron chi connectivity index (χ1n) is 8.58. The molecular formula is C17H21F3N2O3. The fourth-order valence-electron chi connectivity index (χ4n) is 3.77. The van der Waals surface area contributed by atoms with Crippen LogP contribution in [0.1, 0.15) is 12.8 Å². The van der Waals surface area contributed by atoms with Crippen LogP contribution in [0.2, 0.25) is 0 Å². The average molecular weight is 358 g/mol. The van der Waals surface area contributed by atoms with Gasteiger partial charge in [-0.15, -0.1) is 0 Å². The number of morpholine rings is 1. The molecule has 1 aromatic rings. The van der Waals surface area contributed by atoms with Crippen LogP contribution < -0.4 is 14.4 Å². The molecule has 2 fully saturated rings. The molecule has 0 saturated carbocycles. The lowest BCUT2D eigenvalue weighted by molar-refractivity contribution is -0.239. The van der Waals surface area contributed by atoms with Crippen LogP contribution in [-0.4, -0.2) is 62.8 Å². The van der Waals surface area contributed by atoms with E-state index in [9.17, 15) is 13.2 Å². The highest BCUT2D eigenvalue weighted by Gasteiger charge is 2.44. The summed E-state index contributed by atoms with van der Waals surface area (Å²) in [5.74, 6) is 1.51. The first kappa shape index (κ1) is 16.8. The number of fused-ring (bicyclic) bond motifs is 1. The molecule has 3 aliphatic heterocycles. The van der Waals surface area contributed by atoms with Crippen LogP contribution in [0.5, 0.6) is 11.5 Å². The van der Waals surface area contributed by atoms with E-state index in [4.69, 9.17) is 14.2 Å². The normalized spacial score (nSPS) is 25.4. The van der Waals surface area contributed by atoms with Crippen LogP contribution in [0.3, 0.4) is 0 Å². The minimum absolute atomic E-state index is 0.0574. The van der Waals surface area contributed by atoms with Crippen molar-refractivity contribution in [1.29, 1.82) is 0 Å². The highest BCUT2D eigenvalue weighted by molar-refractivity contribution is 5.57. The van der Waals surface area contributed by atoms with Gasteiger partial charge < -0.3 is 19.1 Å². The number of piperidine rings is 1. The zero-order chi connectivity index (χ0) is 17.4. The molecule has 0 aromatic heterocycles. The number of alkyl halides is 3. The molecule has 0 unspecified atom stereocenters. The molecule has 4 rings (SSSR count). The Labute approximate surface area is 144 Å². The monoisotopic (exact) mass is 358 g/mol. The number of rotatable bonds is 2. The van der Waals surface area contributed by atoms with Crippen molar-refractivity contribution >= 4 is 5.69 Å². The van der Waals surface area contributed by atoms with Gasteiger partial charge in [0, 0.05) is 44.0 Å². The Kier molecular flexibility index (Phi) is 4.41. The fourth-order valence-corrected chi connectivity index (χ4v) is 3.77. The van der Waals surface area contributed by atoms with Gasteiger partial charge in [0.05, 0.1) is 6.61 Å². The van der Waals surface area contributed by atoms with Gasteiger partial charge in [0.25, 0.3) is 0 Å². The summed E-state index contributed by atoms with van der Waals surface area (Å²) in [5, 5.41) is 0. The predicted octanol–water partition coefficient (Wildman–Crippen LogP) is 2.65. The van der Waals surface area contributed by atoms with Gasteiger partial charge in [-0.25, -0.2) is 0 Å². The summed E-state index contributed by atoms with van der Waals surface area (Å²) in [6.07, 6.45) is -4.25. The summed E-state index contributed by atoms with van der Waals surface area (Å²) in [7, 11) is 0. The summed E-state index contributed by atoms with van der Waals surface area (Å²) >= 11 is 0. The topological polar surface area (TPSA) is 34.2 Å². The second-order valence-electron chi connectivity index (χ2n) is 6.65. The average Bonchev–Trinajstić information content (AvgIpc) is 3.09. The molecule has 1 atom stereocenters. The summed E-state index contributed by atoms with van der Waals surface area (Å²) in [5.41, 5.74) is 1.07. The number of nitrogens with zero attached hydrogens (tertiary/aromatic N) is 2. The SMILES string of the molecule is FC(F)(F)[C@@H]1CN(C2CCN(c3ccc4c(c3)OCO4)CC2)CCO1. The van der Waals surface area contributed by atoms with E-state index < -0.39 is 12.3 Å². The van der Waals surface area contributed by atoms with Crippen molar-refractivity contribution in [2.24, 2.45) is 0 Å². The molecule has 0 spiro atoms. The van der Waals surface area contributed by atoms with E-state index in [2.05, 4.69) is 4.90 Å². The Hall–Kier alpha value is -1.67. The number of benzene rings is 1. The van der Waals surface area contributed by atoms with Gasteiger partial charge in [-0.05, 0) is 25.0 Å². The quantitative estimate of drug-likeness (QED) is 0.812. The van der Waals surface area contributed by atoms with E-state index in [0.29, 0.717) is 6.54 Å². The molecule has 3 heterocycles. The molecule has 138 valence electrons. The summed E-state index contributed by atoms with van der Waals surface area (Å²) in [4.78, 5) is 4.19. The van der Waals surface area contributed by atoms with Crippen LogP contribution in [-0.2, 0) is 4.74 Å². The molecule has 0 bridgehead atoms. The van der Waals surface area contributed by atoms with Crippen molar-refractivity contribution in [2.45, 2.75) is 31.2 Å². The maximum atomic E-state index is 12.9. The molecule has 0 aliphatic carbocycles. The maximum Gasteiger partial charge on any atom is 0.415 e. The van der Waals surface area contributed by atoms with Gasteiger partial charge in [-0.1, -0.05) is 0 Å². The molecule has 25 heavy (non-hydrogen) atoms. The highest BCUT2D eigenvalue weighted by atomic mass is 19.4. The van der Waals surface area contributed by atoms with Crippen LogP contribution in [0.25, 0.3) is 0 Å². The zero-order valence-electron chi connectivity index (χ0n) is 13.8. The van der Waals surface area contributed by atoms with Gasteiger partial charge in [0.15, 0.2) is 17.6 Å². The second kappa shape index (κ2) is 6.57. The lowest BCUT2D eigenvalue weighted by Gasteiger charge is -2.43. The zero-order valence-corrected chi connectivity index (χ0v) is 13.8. The fraction of sp³-hybridized carbons (Fsp3) is 0.647. The first-order chi connectivity index (χ1) is 12.0. The molecule has 0 amide bonds. The molecule has 5 nitrogen and oxygen atoms in total. The Balaban J connectivity index is 1.35. The molecule has 2 saturated heterocycles. The number of anilines is 1. The standard InChI is InChI=1S/C17H21F3N2O3/c18-17(19,20)16-10-22(7-8-23-16)12-3-5-21(6-4-12)13-1-2-14-15(9-13)25-11-24-14/h1-2,9,12,16H,3-8,10-11H2/t16-/m0/s1. The molecule has 8 heteroatoms. The molecular weight excluding hydrogens is 337 g/mol. The van der Waals surface area contributed by atoms with E-state index in [1.165, 1.54) is 0 Å². The number of ether oxygens (including phenoxy) is 3. The van der Waals surface area contributed by atoms with E-state index in [1.54, 1.807) is 0 Å². The van der Waals surface area contributed by atoms with Gasteiger partial charge >= 0.3 is 6.18 Å². The van der Waals surface area contributed by atoms with E-state index >= 15 is 0 Å². The molecule has 0 N–H and O–H groups in total. The van der Waals surface area contributed by atoms with E-state index in [1.807, 2.05) is 23.1 Å². The van der Waals surface area contributed by atoms with Crippen molar-refractivity contribution in [3.05, 3.63) is 18.2 Å². The van der Waals surface area contributed by atoms with Gasteiger partial charge in [0.1, 0.15) is 0 Å². The van der Waals surface area contributed by atoms with Crippen LogP contribution in [0, 0.1) is 0 Å². The smallest absolute Gasteiger partial charge is 0.415 e. The lowest BCUT2D eigenvalue weighted by Crippen LogP contribution is -2.54.